The van der Waals surface area contributed by atoms with Gasteiger partial charge in [-0.2, -0.15) is 0 Å². The number of fused-ring (bicyclic) bond motifs is 3. The third-order valence-corrected chi connectivity index (χ3v) is 6.52. The van der Waals surface area contributed by atoms with Gasteiger partial charge in [-0.1, -0.05) is 0 Å². The van der Waals surface area contributed by atoms with E-state index in [1.807, 2.05) is 17.0 Å². The van der Waals surface area contributed by atoms with Crippen LogP contribution >= 0.6 is 0 Å². The summed E-state index contributed by atoms with van der Waals surface area (Å²) in [7, 11) is 2.42. The number of likely N-dealkylation sites (tertiary alicyclic amines) is 1. The molecule has 23 heavy (non-hydrogen) atoms. The molecule has 1 unspecified atom stereocenters. The van der Waals surface area contributed by atoms with Crippen molar-refractivity contribution in [1.29, 1.82) is 0 Å². The lowest BCUT2D eigenvalue weighted by atomic mass is 10.2. The Morgan fingerprint density at radius 2 is 2.13 bits per heavy atom. The van der Waals surface area contributed by atoms with E-state index in [0.29, 0.717) is 29.5 Å². The number of hydrogen-bond donors (Lipinski definition) is 1. The number of benzene rings is 1. The van der Waals surface area contributed by atoms with Crippen LogP contribution in [-0.2, 0) is 10.8 Å². The van der Waals surface area contributed by atoms with Crippen molar-refractivity contribution in [3.8, 4) is 11.5 Å². The Morgan fingerprint density at radius 3 is 2.74 bits per heavy atom. The number of amides is 1. The van der Waals surface area contributed by atoms with Crippen LogP contribution in [0.25, 0.3) is 10.9 Å². The van der Waals surface area contributed by atoms with Crippen molar-refractivity contribution in [3.05, 3.63) is 23.9 Å². The lowest BCUT2D eigenvalue weighted by Gasteiger charge is -2.26. The summed E-state index contributed by atoms with van der Waals surface area (Å²) in [5.41, 5.74) is 1.34. The van der Waals surface area contributed by atoms with Crippen LogP contribution in [0.2, 0.25) is 0 Å². The minimum absolute atomic E-state index is 0.0357. The molecule has 122 valence electrons. The Kier molecular flexibility index (Phi) is 3.33. The molecule has 1 aromatic carbocycles. The first kappa shape index (κ1) is 14.6. The molecule has 4 rings (SSSR count). The van der Waals surface area contributed by atoms with Crippen molar-refractivity contribution in [2.24, 2.45) is 0 Å². The molecule has 2 aromatic rings. The summed E-state index contributed by atoms with van der Waals surface area (Å²) in [5.74, 6) is 1.91. The van der Waals surface area contributed by atoms with Crippen molar-refractivity contribution in [1.82, 2.24) is 9.88 Å². The van der Waals surface area contributed by atoms with Crippen LogP contribution in [0.4, 0.5) is 0 Å². The average Bonchev–Trinajstić information content (AvgIpc) is 3.25. The van der Waals surface area contributed by atoms with Crippen molar-refractivity contribution in [2.45, 2.75) is 17.7 Å². The number of aromatic amines is 1. The van der Waals surface area contributed by atoms with Crippen molar-refractivity contribution >= 4 is 27.6 Å². The van der Waals surface area contributed by atoms with E-state index in [-0.39, 0.29) is 17.2 Å². The highest BCUT2D eigenvalue weighted by atomic mass is 32.2. The summed E-state index contributed by atoms with van der Waals surface area (Å²) in [4.78, 5) is 17.8. The Hall–Kier alpha value is -2.02. The minimum atomic E-state index is -0.769. The van der Waals surface area contributed by atoms with Gasteiger partial charge in [0, 0.05) is 46.7 Å². The molecule has 2 aliphatic rings. The second-order valence-corrected chi connectivity index (χ2v) is 7.75. The smallest absolute Gasteiger partial charge is 0.270 e. The highest BCUT2D eigenvalue weighted by Crippen LogP contribution is 2.34. The predicted octanol–water partition coefficient (Wildman–Crippen LogP) is 1.53. The normalized spacial score (nSPS) is 26.0. The van der Waals surface area contributed by atoms with E-state index in [1.165, 1.54) is 0 Å². The first-order valence-electron chi connectivity index (χ1n) is 7.53. The SMILES string of the molecule is COc1cc(OC)c2cc(C(=O)N3C[C@@H]4C[C@H]3CS4=O)[nH]c2c1. The van der Waals surface area contributed by atoms with Crippen LogP contribution in [0.15, 0.2) is 18.2 Å². The second-order valence-electron chi connectivity index (χ2n) is 5.99. The maximum atomic E-state index is 12.8. The molecule has 3 heterocycles. The number of carbonyl (C=O) groups excluding carboxylic acids is 1. The molecule has 6 nitrogen and oxygen atoms in total. The number of methoxy groups -OCH3 is 2. The van der Waals surface area contributed by atoms with Crippen LogP contribution in [0.3, 0.4) is 0 Å². The topological polar surface area (TPSA) is 71.6 Å². The molecule has 2 bridgehead atoms. The highest BCUT2D eigenvalue weighted by molar-refractivity contribution is 7.86. The van der Waals surface area contributed by atoms with E-state index < -0.39 is 10.8 Å². The molecular formula is C16H18N2O4S. The number of ether oxygens (including phenoxy) is 2. The molecule has 0 radical (unpaired) electrons. The molecule has 1 aromatic heterocycles. The van der Waals surface area contributed by atoms with Crippen LogP contribution in [0, 0.1) is 0 Å². The Labute approximate surface area is 136 Å². The van der Waals surface area contributed by atoms with Crippen molar-refractivity contribution in [2.75, 3.05) is 26.5 Å². The third-order valence-electron chi connectivity index (χ3n) is 4.72. The Morgan fingerprint density at radius 1 is 1.30 bits per heavy atom. The zero-order valence-corrected chi connectivity index (χ0v) is 13.8. The van der Waals surface area contributed by atoms with Gasteiger partial charge >= 0.3 is 0 Å². The van der Waals surface area contributed by atoms with Gasteiger partial charge in [-0.15, -0.1) is 0 Å². The maximum absolute atomic E-state index is 12.8. The quantitative estimate of drug-likeness (QED) is 0.924. The zero-order valence-electron chi connectivity index (χ0n) is 13.0. The monoisotopic (exact) mass is 334 g/mol. The Bertz CT molecular complexity index is 816. The van der Waals surface area contributed by atoms with Gasteiger partial charge in [0.1, 0.15) is 17.2 Å². The van der Waals surface area contributed by atoms with Crippen LogP contribution in [0.5, 0.6) is 11.5 Å². The number of aromatic nitrogens is 1. The molecule has 2 aliphatic heterocycles. The van der Waals surface area contributed by atoms with Crippen LogP contribution in [-0.4, -0.2) is 57.8 Å². The second kappa shape index (κ2) is 5.26. The number of hydrogen-bond acceptors (Lipinski definition) is 4. The van der Waals surface area contributed by atoms with E-state index in [9.17, 15) is 9.00 Å². The summed E-state index contributed by atoms with van der Waals surface area (Å²) in [6, 6.07) is 5.57. The van der Waals surface area contributed by atoms with E-state index in [0.717, 1.165) is 17.3 Å². The van der Waals surface area contributed by atoms with Gasteiger partial charge in [-0.05, 0) is 12.5 Å². The van der Waals surface area contributed by atoms with E-state index in [1.54, 1.807) is 20.3 Å². The van der Waals surface area contributed by atoms with Gasteiger partial charge in [0.15, 0.2) is 0 Å². The average molecular weight is 334 g/mol. The fourth-order valence-corrected chi connectivity index (χ4v) is 5.26. The molecular weight excluding hydrogens is 316 g/mol. The zero-order chi connectivity index (χ0) is 16.1. The summed E-state index contributed by atoms with van der Waals surface area (Å²) in [6.07, 6.45) is 0.857. The lowest BCUT2D eigenvalue weighted by molar-refractivity contribution is 0.0741. The van der Waals surface area contributed by atoms with Gasteiger partial charge in [-0.3, -0.25) is 9.00 Å². The van der Waals surface area contributed by atoms with Gasteiger partial charge < -0.3 is 19.4 Å². The first-order valence-corrected chi connectivity index (χ1v) is 8.92. The van der Waals surface area contributed by atoms with Gasteiger partial charge in [-0.25, -0.2) is 0 Å². The summed E-state index contributed by atoms with van der Waals surface area (Å²) >= 11 is 0. The fourth-order valence-electron chi connectivity index (χ4n) is 3.53. The molecule has 1 N–H and O–H groups in total. The summed E-state index contributed by atoms with van der Waals surface area (Å²) in [5, 5.41) is 0.993. The molecule has 1 amide bonds. The largest absolute Gasteiger partial charge is 0.497 e. The van der Waals surface area contributed by atoms with E-state index in [2.05, 4.69) is 4.98 Å². The van der Waals surface area contributed by atoms with Crippen LogP contribution in [0.1, 0.15) is 16.9 Å². The molecule has 2 saturated heterocycles. The predicted molar refractivity (Wildman–Crippen MR) is 87.6 cm³/mol. The van der Waals surface area contributed by atoms with E-state index >= 15 is 0 Å². The summed E-state index contributed by atoms with van der Waals surface area (Å²) in [6.45, 7) is 0.589. The Balaban J connectivity index is 1.69. The molecule has 0 aliphatic carbocycles. The van der Waals surface area contributed by atoms with Crippen molar-refractivity contribution < 1.29 is 18.5 Å². The number of nitrogens with zero attached hydrogens (tertiary/aromatic N) is 1. The third kappa shape index (κ3) is 2.22. The van der Waals surface area contributed by atoms with E-state index in [4.69, 9.17) is 9.47 Å². The maximum Gasteiger partial charge on any atom is 0.270 e. The molecule has 0 spiro atoms. The first-order chi connectivity index (χ1) is 11.1. The molecule has 2 fully saturated rings. The fraction of sp³-hybridized carbons (Fsp3) is 0.438. The highest BCUT2D eigenvalue weighted by Gasteiger charge is 2.45. The number of H-pyrrole nitrogens is 1. The van der Waals surface area contributed by atoms with Crippen molar-refractivity contribution in [3.63, 3.8) is 0 Å². The molecule has 3 atom stereocenters. The minimum Gasteiger partial charge on any atom is -0.497 e. The lowest BCUT2D eigenvalue weighted by Crippen LogP contribution is -2.42. The summed E-state index contributed by atoms with van der Waals surface area (Å²) < 4.78 is 22.4. The molecule has 0 saturated carbocycles. The van der Waals surface area contributed by atoms with Crippen LogP contribution < -0.4 is 9.47 Å². The number of rotatable bonds is 3. The van der Waals surface area contributed by atoms with Gasteiger partial charge in [0.2, 0.25) is 0 Å². The standard InChI is InChI=1S/C16H18N2O4S/c1-21-10-4-13-12(15(5-10)22-2)6-14(17-13)16(19)18-7-11-3-9(18)8-23(11)20/h4-6,9,11,17H,3,7-8H2,1-2H3/t9-,11-,23?/m0/s1. The molecule has 7 heteroatoms. The van der Waals surface area contributed by atoms with Gasteiger partial charge in [0.25, 0.3) is 5.91 Å². The van der Waals surface area contributed by atoms with Gasteiger partial charge in [0.05, 0.1) is 25.0 Å². The number of carbonyl (C=O) groups is 1. The number of nitrogens with one attached hydrogen (secondary N) is 1.